The molecule has 0 aromatic heterocycles. The molecule has 0 aliphatic heterocycles. The van der Waals surface area contributed by atoms with Gasteiger partial charge < -0.3 is 15.0 Å². The zero-order valence-electron chi connectivity index (χ0n) is 20.9. The molecule has 1 saturated carbocycles. The number of rotatable bonds is 11. The highest BCUT2D eigenvalue weighted by molar-refractivity contribution is 7.92. The quantitative estimate of drug-likeness (QED) is 0.491. The van der Waals surface area contributed by atoms with Crippen molar-refractivity contribution >= 4 is 27.5 Å². The Morgan fingerprint density at radius 1 is 1.08 bits per heavy atom. The number of carbonyl (C=O) groups is 2. The number of amides is 2. The number of hydrogen-bond acceptors (Lipinski definition) is 5. The number of ether oxygens (including phenoxy) is 1. The van der Waals surface area contributed by atoms with Crippen molar-refractivity contribution in [3.05, 3.63) is 59.9 Å². The molecule has 196 valence electrons. The normalized spacial score (nSPS) is 14.8. The van der Waals surface area contributed by atoms with E-state index in [0.29, 0.717) is 23.6 Å². The Hall–Kier alpha value is -3.14. The summed E-state index contributed by atoms with van der Waals surface area (Å²) in [7, 11) is -3.82. The minimum Gasteiger partial charge on any atom is -0.494 e. The molecule has 1 unspecified atom stereocenters. The van der Waals surface area contributed by atoms with Crippen molar-refractivity contribution in [1.29, 1.82) is 0 Å². The number of benzene rings is 2. The van der Waals surface area contributed by atoms with Gasteiger partial charge in [0.25, 0.3) is 0 Å². The second-order valence-corrected chi connectivity index (χ2v) is 10.9. The molecule has 0 radical (unpaired) electrons. The molecule has 8 nitrogen and oxygen atoms in total. The minimum atomic E-state index is -3.82. The van der Waals surface area contributed by atoms with E-state index in [9.17, 15) is 22.4 Å². The fraction of sp³-hybridized carbons (Fsp3) is 0.462. The molecule has 36 heavy (non-hydrogen) atoms. The number of sulfonamides is 1. The molecule has 3 rings (SSSR count). The van der Waals surface area contributed by atoms with Crippen LogP contribution in [0.5, 0.6) is 5.75 Å². The maximum Gasteiger partial charge on any atom is 0.244 e. The maximum atomic E-state index is 13.5. The van der Waals surface area contributed by atoms with Gasteiger partial charge in [-0.2, -0.15) is 0 Å². The van der Waals surface area contributed by atoms with Crippen LogP contribution in [0, 0.1) is 5.82 Å². The predicted octanol–water partition coefficient (Wildman–Crippen LogP) is 3.47. The molecule has 0 heterocycles. The molecule has 1 aliphatic rings. The van der Waals surface area contributed by atoms with Crippen molar-refractivity contribution in [1.82, 2.24) is 10.2 Å². The molecule has 0 bridgehead atoms. The standard InChI is InChI=1S/C26H34FN3O5S/c1-4-35-24-15-13-23(14-16-24)30(36(3,33)34)18-25(31)29(17-20-9-11-21(27)12-10-20)19(2)26(32)28-22-7-5-6-8-22/h9-16,19,22H,4-8,17-18H2,1-3H3,(H,28,32). The fourth-order valence-electron chi connectivity index (χ4n) is 4.25. The summed E-state index contributed by atoms with van der Waals surface area (Å²) in [6.07, 6.45) is 4.90. The molecule has 2 aromatic carbocycles. The highest BCUT2D eigenvalue weighted by atomic mass is 32.2. The average Bonchev–Trinajstić information content (AvgIpc) is 3.35. The summed E-state index contributed by atoms with van der Waals surface area (Å²) in [5, 5.41) is 3.00. The van der Waals surface area contributed by atoms with Crippen LogP contribution >= 0.6 is 0 Å². The first-order chi connectivity index (χ1) is 17.1. The third kappa shape index (κ3) is 7.43. The summed E-state index contributed by atoms with van der Waals surface area (Å²) in [6, 6.07) is 11.3. The second-order valence-electron chi connectivity index (χ2n) is 9.01. The Balaban J connectivity index is 1.85. The summed E-state index contributed by atoms with van der Waals surface area (Å²) in [5.74, 6) is -0.685. The summed E-state index contributed by atoms with van der Waals surface area (Å²) in [6.45, 7) is 3.46. The summed E-state index contributed by atoms with van der Waals surface area (Å²) < 4.78 is 45.1. The van der Waals surface area contributed by atoms with E-state index in [2.05, 4.69) is 5.32 Å². The van der Waals surface area contributed by atoms with E-state index < -0.39 is 34.3 Å². The van der Waals surface area contributed by atoms with E-state index in [1.165, 1.54) is 29.2 Å². The van der Waals surface area contributed by atoms with Crippen LogP contribution in [0.1, 0.15) is 45.1 Å². The average molecular weight is 520 g/mol. The first-order valence-corrected chi connectivity index (χ1v) is 14.0. The molecule has 2 aromatic rings. The fourth-order valence-corrected chi connectivity index (χ4v) is 5.10. The molecular formula is C26H34FN3O5S. The number of nitrogens with one attached hydrogen (secondary N) is 1. The lowest BCUT2D eigenvalue weighted by Gasteiger charge is -2.32. The summed E-state index contributed by atoms with van der Waals surface area (Å²) >= 11 is 0. The van der Waals surface area contributed by atoms with Crippen molar-refractivity contribution in [2.24, 2.45) is 0 Å². The van der Waals surface area contributed by atoms with E-state index in [-0.39, 0.29) is 18.5 Å². The molecule has 0 saturated heterocycles. The molecule has 2 amide bonds. The Morgan fingerprint density at radius 3 is 2.25 bits per heavy atom. The van der Waals surface area contributed by atoms with Gasteiger partial charge in [-0.15, -0.1) is 0 Å². The van der Waals surface area contributed by atoms with Gasteiger partial charge in [-0.05, 0) is 68.7 Å². The smallest absolute Gasteiger partial charge is 0.244 e. The Bertz CT molecular complexity index is 1130. The van der Waals surface area contributed by atoms with Crippen LogP contribution in [0.2, 0.25) is 0 Å². The lowest BCUT2D eigenvalue weighted by Crippen LogP contribution is -2.52. The Labute approximate surface area is 212 Å². The topological polar surface area (TPSA) is 96.0 Å². The van der Waals surface area contributed by atoms with Gasteiger partial charge in [-0.1, -0.05) is 25.0 Å². The zero-order valence-corrected chi connectivity index (χ0v) is 21.8. The number of halogens is 1. The van der Waals surface area contributed by atoms with Crippen molar-refractivity contribution in [2.45, 2.75) is 58.2 Å². The van der Waals surface area contributed by atoms with Gasteiger partial charge in [-0.3, -0.25) is 13.9 Å². The molecular weight excluding hydrogens is 485 g/mol. The maximum absolute atomic E-state index is 13.5. The summed E-state index contributed by atoms with van der Waals surface area (Å²) in [5.41, 5.74) is 0.927. The highest BCUT2D eigenvalue weighted by Crippen LogP contribution is 2.23. The monoisotopic (exact) mass is 519 g/mol. The van der Waals surface area contributed by atoms with E-state index >= 15 is 0 Å². The van der Waals surface area contributed by atoms with Crippen LogP contribution in [0.25, 0.3) is 0 Å². The van der Waals surface area contributed by atoms with Gasteiger partial charge in [0.15, 0.2) is 0 Å². The van der Waals surface area contributed by atoms with Gasteiger partial charge in [0.1, 0.15) is 24.2 Å². The van der Waals surface area contributed by atoms with Crippen LogP contribution in [0.4, 0.5) is 10.1 Å². The van der Waals surface area contributed by atoms with Crippen molar-refractivity contribution in [3.63, 3.8) is 0 Å². The van der Waals surface area contributed by atoms with E-state index in [0.717, 1.165) is 36.2 Å². The van der Waals surface area contributed by atoms with E-state index in [1.54, 1.807) is 31.2 Å². The number of carbonyl (C=O) groups excluding carboxylic acids is 2. The van der Waals surface area contributed by atoms with Crippen molar-refractivity contribution < 1.29 is 27.1 Å². The molecule has 10 heteroatoms. The first-order valence-electron chi connectivity index (χ1n) is 12.1. The SMILES string of the molecule is CCOc1ccc(N(CC(=O)N(Cc2ccc(F)cc2)C(C)C(=O)NC2CCCC2)S(C)(=O)=O)cc1. The van der Waals surface area contributed by atoms with E-state index in [4.69, 9.17) is 4.74 Å². The molecule has 0 spiro atoms. The predicted molar refractivity (Wildman–Crippen MR) is 137 cm³/mol. The van der Waals surface area contributed by atoms with Crippen LogP contribution in [0.15, 0.2) is 48.5 Å². The van der Waals surface area contributed by atoms with Gasteiger partial charge in [0, 0.05) is 12.6 Å². The van der Waals surface area contributed by atoms with Gasteiger partial charge in [0.05, 0.1) is 18.6 Å². The van der Waals surface area contributed by atoms with Crippen LogP contribution in [0.3, 0.4) is 0 Å². The molecule has 1 aliphatic carbocycles. The Kier molecular flexibility index (Phi) is 9.31. The van der Waals surface area contributed by atoms with Gasteiger partial charge in [0.2, 0.25) is 21.8 Å². The Morgan fingerprint density at radius 2 is 1.69 bits per heavy atom. The largest absolute Gasteiger partial charge is 0.494 e. The van der Waals surface area contributed by atoms with Crippen LogP contribution in [-0.2, 0) is 26.2 Å². The van der Waals surface area contributed by atoms with Crippen molar-refractivity contribution in [3.8, 4) is 5.75 Å². The number of nitrogens with zero attached hydrogens (tertiary/aromatic N) is 2. The lowest BCUT2D eigenvalue weighted by molar-refractivity contribution is -0.139. The van der Waals surface area contributed by atoms with Gasteiger partial charge >= 0.3 is 0 Å². The third-order valence-electron chi connectivity index (χ3n) is 6.25. The zero-order chi connectivity index (χ0) is 26.3. The third-order valence-corrected chi connectivity index (χ3v) is 7.39. The number of anilines is 1. The second kappa shape index (κ2) is 12.2. The number of hydrogen-bond donors (Lipinski definition) is 1. The minimum absolute atomic E-state index is 0.0270. The van der Waals surface area contributed by atoms with Crippen LogP contribution < -0.4 is 14.4 Å². The first kappa shape index (κ1) is 27.4. The summed E-state index contributed by atoms with van der Waals surface area (Å²) in [4.78, 5) is 27.9. The van der Waals surface area contributed by atoms with E-state index in [1.807, 2.05) is 6.92 Å². The van der Waals surface area contributed by atoms with Crippen molar-refractivity contribution in [2.75, 3.05) is 23.7 Å². The molecule has 1 fully saturated rings. The van der Waals surface area contributed by atoms with Crippen LogP contribution in [-0.4, -0.2) is 56.6 Å². The molecule has 1 N–H and O–H groups in total. The lowest BCUT2D eigenvalue weighted by atomic mass is 10.1. The van der Waals surface area contributed by atoms with Gasteiger partial charge in [-0.25, -0.2) is 12.8 Å². The highest BCUT2D eigenvalue weighted by Gasteiger charge is 2.31. The molecule has 1 atom stereocenters.